The van der Waals surface area contributed by atoms with E-state index >= 15 is 0 Å². The van der Waals surface area contributed by atoms with E-state index in [4.69, 9.17) is 5.73 Å². The van der Waals surface area contributed by atoms with Gasteiger partial charge in [0.15, 0.2) is 0 Å². The first-order valence-corrected chi connectivity index (χ1v) is 7.35. The van der Waals surface area contributed by atoms with Crippen molar-refractivity contribution in [3.05, 3.63) is 29.3 Å². The molecule has 0 unspecified atom stereocenters. The molecule has 21 heavy (non-hydrogen) atoms. The molecular formula is C16H23N3O2. The molecule has 1 aromatic rings. The number of nitrogens with zero attached hydrogens (tertiary/aromatic N) is 1. The number of carbonyl (C=O) groups is 2. The molecule has 1 atom stereocenters. The number of rotatable bonds is 4. The smallest absolute Gasteiger partial charge is 0.238 e. The molecule has 5 heteroatoms. The number of amides is 2. The number of hydrogen-bond donors (Lipinski definition) is 2. The molecule has 0 aromatic heterocycles. The summed E-state index contributed by atoms with van der Waals surface area (Å²) in [5.74, 6) is -0.445. The van der Waals surface area contributed by atoms with Crippen molar-refractivity contribution in [3.63, 3.8) is 0 Å². The highest BCUT2D eigenvalue weighted by Crippen LogP contribution is 2.20. The Balaban J connectivity index is 1.94. The van der Waals surface area contributed by atoms with Gasteiger partial charge in [-0.15, -0.1) is 0 Å². The zero-order valence-electron chi connectivity index (χ0n) is 12.7. The van der Waals surface area contributed by atoms with Crippen LogP contribution in [0.4, 0.5) is 5.69 Å². The van der Waals surface area contributed by atoms with Gasteiger partial charge in [0.25, 0.3) is 0 Å². The Morgan fingerprint density at radius 2 is 2.00 bits per heavy atom. The highest BCUT2D eigenvalue weighted by Gasteiger charge is 2.25. The Bertz CT molecular complexity index is 522. The van der Waals surface area contributed by atoms with Crippen molar-refractivity contribution < 1.29 is 9.59 Å². The van der Waals surface area contributed by atoms with Crippen molar-refractivity contribution in [2.75, 3.05) is 25.0 Å². The van der Waals surface area contributed by atoms with Crippen LogP contribution in [-0.2, 0) is 9.59 Å². The van der Waals surface area contributed by atoms with E-state index in [1.807, 2.05) is 36.9 Å². The Hall–Kier alpha value is -1.88. The van der Waals surface area contributed by atoms with Gasteiger partial charge in [0.1, 0.15) is 0 Å². The molecule has 0 bridgehead atoms. The van der Waals surface area contributed by atoms with Crippen molar-refractivity contribution in [2.24, 2.45) is 11.7 Å². The second kappa shape index (κ2) is 6.72. The third kappa shape index (κ3) is 4.04. The van der Waals surface area contributed by atoms with Crippen LogP contribution < -0.4 is 11.1 Å². The summed E-state index contributed by atoms with van der Waals surface area (Å²) in [6.07, 6.45) is 1.73. The minimum atomic E-state index is -0.269. The quantitative estimate of drug-likeness (QED) is 0.880. The fraction of sp³-hybridized carbons (Fsp3) is 0.500. The zero-order valence-corrected chi connectivity index (χ0v) is 12.7. The van der Waals surface area contributed by atoms with Crippen molar-refractivity contribution in [1.29, 1.82) is 0 Å². The highest BCUT2D eigenvalue weighted by atomic mass is 16.2. The summed E-state index contributed by atoms with van der Waals surface area (Å²) < 4.78 is 0. The van der Waals surface area contributed by atoms with Gasteiger partial charge < -0.3 is 11.1 Å². The highest BCUT2D eigenvalue weighted by molar-refractivity contribution is 5.93. The summed E-state index contributed by atoms with van der Waals surface area (Å²) in [7, 11) is 0. The van der Waals surface area contributed by atoms with E-state index in [0.717, 1.165) is 36.2 Å². The molecule has 1 saturated heterocycles. The summed E-state index contributed by atoms with van der Waals surface area (Å²) in [6, 6.07) is 5.93. The first-order chi connectivity index (χ1) is 9.97. The number of primary amides is 1. The van der Waals surface area contributed by atoms with Gasteiger partial charge in [-0.3, -0.25) is 14.5 Å². The average molecular weight is 289 g/mol. The first-order valence-electron chi connectivity index (χ1n) is 7.35. The number of para-hydroxylation sites is 1. The molecule has 1 aliphatic heterocycles. The summed E-state index contributed by atoms with van der Waals surface area (Å²) in [6.45, 7) is 5.68. The van der Waals surface area contributed by atoms with Gasteiger partial charge in [-0.25, -0.2) is 0 Å². The zero-order chi connectivity index (χ0) is 15.4. The van der Waals surface area contributed by atoms with Crippen molar-refractivity contribution >= 4 is 17.5 Å². The van der Waals surface area contributed by atoms with Crippen LogP contribution in [0.15, 0.2) is 18.2 Å². The second-order valence-electron chi connectivity index (χ2n) is 5.79. The fourth-order valence-electron chi connectivity index (χ4n) is 2.83. The maximum atomic E-state index is 12.2. The number of hydrogen-bond acceptors (Lipinski definition) is 3. The lowest BCUT2D eigenvalue weighted by molar-refractivity contribution is -0.125. The maximum Gasteiger partial charge on any atom is 0.238 e. The number of carbonyl (C=O) groups excluding carboxylic acids is 2. The van der Waals surface area contributed by atoms with Crippen LogP contribution in [0.1, 0.15) is 24.0 Å². The second-order valence-corrected chi connectivity index (χ2v) is 5.79. The Kier molecular flexibility index (Phi) is 4.96. The lowest BCUT2D eigenvalue weighted by Crippen LogP contribution is -2.44. The normalized spacial score (nSPS) is 19.2. The van der Waals surface area contributed by atoms with Crippen LogP contribution in [0.5, 0.6) is 0 Å². The average Bonchev–Trinajstić information content (AvgIpc) is 2.43. The number of likely N-dealkylation sites (tertiary alicyclic amines) is 1. The molecular weight excluding hydrogens is 266 g/mol. The molecule has 1 heterocycles. The molecule has 0 aliphatic carbocycles. The van der Waals surface area contributed by atoms with Gasteiger partial charge in [-0.05, 0) is 44.4 Å². The van der Waals surface area contributed by atoms with Gasteiger partial charge in [0.2, 0.25) is 11.8 Å². The molecule has 114 valence electrons. The first kappa shape index (κ1) is 15.5. The number of anilines is 1. The SMILES string of the molecule is Cc1cccc(C)c1NC(=O)CN1CCC[C@H](C(N)=O)C1. The lowest BCUT2D eigenvalue weighted by Gasteiger charge is -2.30. The van der Waals surface area contributed by atoms with Gasteiger partial charge in [0, 0.05) is 12.2 Å². The molecule has 1 aliphatic rings. The van der Waals surface area contributed by atoms with Gasteiger partial charge in [0.05, 0.1) is 12.5 Å². The number of aryl methyl sites for hydroxylation is 2. The number of piperidine rings is 1. The van der Waals surface area contributed by atoms with E-state index in [2.05, 4.69) is 5.32 Å². The predicted octanol–water partition coefficient (Wildman–Crippen LogP) is 1.44. The number of benzene rings is 1. The van der Waals surface area contributed by atoms with E-state index < -0.39 is 0 Å². The third-order valence-electron chi connectivity index (χ3n) is 4.02. The Labute approximate surface area is 125 Å². The monoisotopic (exact) mass is 289 g/mol. The molecule has 2 amide bonds. The van der Waals surface area contributed by atoms with Gasteiger partial charge in [-0.1, -0.05) is 18.2 Å². The Morgan fingerprint density at radius 3 is 2.62 bits per heavy atom. The molecule has 0 spiro atoms. The van der Waals surface area contributed by atoms with E-state index in [1.54, 1.807) is 0 Å². The summed E-state index contributed by atoms with van der Waals surface area (Å²) in [4.78, 5) is 25.5. The lowest BCUT2D eigenvalue weighted by atomic mass is 9.97. The molecule has 5 nitrogen and oxygen atoms in total. The van der Waals surface area contributed by atoms with E-state index in [-0.39, 0.29) is 17.7 Å². The minimum absolute atomic E-state index is 0.0440. The summed E-state index contributed by atoms with van der Waals surface area (Å²) in [5.41, 5.74) is 8.34. The third-order valence-corrected chi connectivity index (χ3v) is 4.02. The standard InChI is InChI=1S/C16H23N3O2/c1-11-5-3-6-12(2)15(11)18-14(20)10-19-8-4-7-13(9-19)16(17)21/h3,5-6,13H,4,7-10H2,1-2H3,(H2,17,21)(H,18,20)/t13-/m0/s1. The molecule has 1 fully saturated rings. The van der Waals surface area contributed by atoms with Crippen LogP contribution in [0, 0.1) is 19.8 Å². The molecule has 1 aromatic carbocycles. The number of nitrogens with two attached hydrogens (primary N) is 1. The van der Waals surface area contributed by atoms with Gasteiger partial charge in [-0.2, -0.15) is 0 Å². The molecule has 2 rings (SSSR count). The van der Waals surface area contributed by atoms with E-state index in [1.165, 1.54) is 0 Å². The predicted molar refractivity (Wildman–Crippen MR) is 82.9 cm³/mol. The largest absolute Gasteiger partial charge is 0.369 e. The Morgan fingerprint density at radius 1 is 1.33 bits per heavy atom. The van der Waals surface area contributed by atoms with E-state index in [9.17, 15) is 9.59 Å². The van der Waals surface area contributed by atoms with E-state index in [0.29, 0.717) is 13.1 Å². The fourth-order valence-corrected chi connectivity index (χ4v) is 2.83. The van der Waals surface area contributed by atoms with Crippen LogP contribution >= 0.6 is 0 Å². The molecule has 3 N–H and O–H groups in total. The van der Waals surface area contributed by atoms with Gasteiger partial charge >= 0.3 is 0 Å². The maximum absolute atomic E-state index is 12.2. The molecule has 0 saturated carbocycles. The van der Waals surface area contributed by atoms with Crippen molar-refractivity contribution in [3.8, 4) is 0 Å². The van der Waals surface area contributed by atoms with Crippen LogP contribution in [0.25, 0.3) is 0 Å². The summed E-state index contributed by atoms with van der Waals surface area (Å²) >= 11 is 0. The summed E-state index contributed by atoms with van der Waals surface area (Å²) in [5, 5.41) is 2.97. The van der Waals surface area contributed by atoms with Crippen molar-refractivity contribution in [1.82, 2.24) is 4.90 Å². The van der Waals surface area contributed by atoms with Crippen LogP contribution in [0.3, 0.4) is 0 Å². The van der Waals surface area contributed by atoms with Crippen LogP contribution in [-0.4, -0.2) is 36.3 Å². The number of nitrogens with one attached hydrogen (secondary N) is 1. The van der Waals surface area contributed by atoms with Crippen LogP contribution in [0.2, 0.25) is 0 Å². The topological polar surface area (TPSA) is 75.4 Å². The van der Waals surface area contributed by atoms with Crippen molar-refractivity contribution in [2.45, 2.75) is 26.7 Å². The molecule has 0 radical (unpaired) electrons. The minimum Gasteiger partial charge on any atom is -0.369 e.